The second-order valence-corrected chi connectivity index (χ2v) is 6.13. The first-order valence-corrected chi connectivity index (χ1v) is 7.78. The number of rotatable bonds is 6. The van der Waals surface area contributed by atoms with E-state index in [4.69, 9.17) is 4.74 Å². The first-order valence-electron chi connectivity index (χ1n) is 7.78. The number of hydrogen-bond acceptors (Lipinski definition) is 3. The van der Waals surface area contributed by atoms with Crippen LogP contribution in [0.1, 0.15) is 51.9 Å². The van der Waals surface area contributed by atoms with Crippen LogP contribution in [-0.2, 0) is 4.74 Å². The molecule has 0 bridgehead atoms. The van der Waals surface area contributed by atoms with Crippen molar-refractivity contribution in [2.24, 2.45) is 0 Å². The normalized spacial score (nSPS) is 28.0. The van der Waals surface area contributed by atoms with Crippen LogP contribution in [0.5, 0.6) is 0 Å². The summed E-state index contributed by atoms with van der Waals surface area (Å²) in [6.45, 7) is 6.87. The van der Waals surface area contributed by atoms with Crippen molar-refractivity contribution in [1.82, 2.24) is 10.2 Å². The van der Waals surface area contributed by atoms with Crippen LogP contribution in [0, 0.1) is 0 Å². The van der Waals surface area contributed by atoms with Gasteiger partial charge in [-0.2, -0.15) is 0 Å². The molecule has 1 spiro atoms. The van der Waals surface area contributed by atoms with Crippen molar-refractivity contribution in [2.45, 2.75) is 63.5 Å². The molecule has 1 aliphatic heterocycles. The molecule has 1 aliphatic carbocycles. The molecular formula is C15H30N2O. The van der Waals surface area contributed by atoms with Crippen molar-refractivity contribution in [3.8, 4) is 0 Å². The van der Waals surface area contributed by atoms with Crippen LogP contribution in [0.3, 0.4) is 0 Å². The fourth-order valence-electron chi connectivity index (χ4n) is 3.72. The molecule has 1 atom stereocenters. The number of ether oxygens (including phenoxy) is 1. The van der Waals surface area contributed by atoms with Gasteiger partial charge in [-0.15, -0.1) is 0 Å². The third-order valence-electron chi connectivity index (χ3n) is 4.71. The lowest BCUT2D eigenvalue weighted by molar-refractivity contribution is 0.0660. The predicted octanol–water partition coefficient (Wildman–Crippen LogP) is 2.41. The highest BCUT2D eigenvalue weighted by molar-refractivity contribution is 5.00. The van der Waals surface area contributed by atoms with Gasteiger partial charge in [-0.05, 0) is 25.7 Å². The molecule has 1 saturated heterocycles. The number of hydrogen-bond donors (Lipinski definition) is 1. The van der Waals surface area contributed by atoms with Crippen molar-refractivity contribution in [1.29, 1.82) is 0 Å². The van der Waals surface area contributed by atoms with Gasteiger partial charge in [-0.1, -0.05) is 26.2 Å². The van der Waals surface area contributed by atoms with Crippen molar-refractivity contribution >= 4 is 0 Å². The first kappa shape index (κ1) is 14.3. The van der Waals surface area contributed by atoms with Gasteiger partial charge in [-0.25, -0.2) is 0 Å². The molecule has 2 fully saturated rings. The molecule has 1 heterocycles. The second kappa shape index (κ2) is 6.88. The molecule has 3 nitrogen and oxygen atoms in total. The molecule has 1 unspecified atom stereocenters. The average Bonchev–Trinajstić information content (AvgIpc) is 2.82. The summed E-state index contributed by atoms with van der Waals surface area (Å²) in [7, 11) is 1.81. The summed E-state index contributed by atoms with van der Waals surface area (Å²) in [5.74, 6) is 0. The van der Waals surface area contributed by atoms with Crippen LogP contribution in [0.2, 0.25) is 0 Å². The van der Waals surface area contributed by atoms with Gasteiger partial charge in [0.1, 0.15) is 0 Å². The molecule has 1 saturated carbocycles. The molecule has 0 radical (unpaired) electrons. The van der Waals surface area contributed by atoms with Crippen LogP contribution in [0.4, 0.5) is 0 Å². The summed E-state index contributed by atoms with van der Waals surface area (Å²) in [4.78, 5) is 2.74. The Hall–Kier alpha value is -0.120. The average molecular weight is 254 g/mol. The molecule has 0 aromatic carbocycles. The Labute approximate surface area is 112 Å². The molecular weight excluding hydrogens is 224 g/mol. The Morgan fingerprint density at radius 2 is 2.11 bits per heavy atom. The van der Waals surface area contributed by atoms with Gasteiger partial charge in [0, 0.05) is 44.9 Å². The SMILES string of the molecule is CCCC1CNC2(CCCC2)CN1CCCOC. The van der Waals surface area contributed by atoms with Crippen molar-refractivity contribution < 1.29 is 4.74 Å². The van der Waals surface area contributed by atoms with E-state index in [9.17, 15) is 0 Å². The van der Waals surface area contributed by atoms with Gasteiger partial charge < -0.3 is 10.1 Å². The van der Waals surface area contributed by atoms with E-state index in [1.165, 1.54) is 64.6 Å². The zero-order valence-corrected chi connectivity index (χ0v) is 12.2. The van der Waals surface area contributed by atoms with Crippen LogP contribution in [-0.4, -0.2) is 49.8 Å². The molecule has 2 aliphatic rings. The van der Waals surface area contributed by atoms with E-state index >= 15 is 0 Å². The van der Waals surface area contributed by atoms with E-state index in [2.05, 4.69) is 17.1 Å². The van der Waals surface area contributed by atoms with Gasteiger partial charge in [0.2, 0.25) is 0 Å². The molecule has 1 N–H and O–H groups in total. The van der Waals surface area contributed by atoms with E-state index in [0.717, 1.165) is 12.6 Å². The lowest BCUT2D eigenvalue weighted by Gasteiger charge is -2.46. The summed E-state index contributed by atoms with van der Waals surface area (Å²) in [6, 6.07) is 0.748. The largest absolute Gasteiger partial charge is 0.385 e. The number of methoxy groups -OCH3 is 1. The third-order valence-corrected chi connectivity index (χ3v) is 4.71. The summed E-state index contributed by atoms with van der Waals surface area (Å²) in [5, 5.41) is 3.88. The lowest BCUT2D eigenvalue weighted by Crippen LogP contribution is -2.63. The predicted molar refractivity (Wildman–Crippen MR) is 76.0 cm³/mol. The van der Waals surface area contributed by atoms with Gasteiger partial charge in [-0.3, -0.25) is 4.90 Å². The molecule has 18 heavy (non-hydrogen) atoms. The Morgan fingerprint density at radius 1 is 1.33 bits per heavy atom. The fourth-order valence-corrected chi connectivity index (χ4v) is 3.72. The monoisotopic (exact) mass is 254 g/mol. The van der Waals surface area contributed by atoms with E-state index in [0.29, 0.717) is 5.54 Å². The third kappa shape index (κ3) is 3.46. The summed E-state index contributed by atoms with van der Waals surface area (Å²) < 4.78 is 5.20. The Balaban J connectivity index is 1.89. The van der Waals surface area contributed by atoms with E-state index in [1.807, 2.05) is 0 Å². The Kier molecular flexibility index (Phi) is 5.46. The zero-order valence-electron chi connectivity index (χ0n) is 12.2. The first-order chi connectivity index (χ1) is 8.79. The van der Waals surface area contributed by atoms with Gasteiger partial charge >= 0.3 is 0 Å². The summed E-state index contributed by atoms with van der Waals surface area (Å²) in [6.07, 6.45) is 9.39. The second-order valence-electron chi connectivity index (χ2n) is 6.13. The maximum absolute atomic E-state index is 5.20. The molecule has 2 rings (SSSR count). The minimum Gasteiger partial charge on any atom is -0.385 e. The summed E-state index contributed by atoms with van der Waals surface area (Å²) >= 11 is 0. The molecule has 0 aromatic heterocycles. The van der Waals surface area contributed by atoms with E-state index in [1.54, 1.807) is 7.11 Å². The summed E-state index contributed by atoms with van der Waals surface area (Å²) in [5.41, 5.74) is 0.456. The van der Waals surface area contributed by atoms with Crippen LogP contribution in [0.25, 0.3) is 0 Å². The fraction of sp³-hybridized carbons (Fsp3) is 1.00. The molecule has 3 heteroatoms. The van der Waals surface area contributed by atoms with Gasteiger partial charge in [0.05, 0.1) is 0 Å². The minimum atomic E-state index is 0.456. The number of nitrogens with one attached hydrogen (secondary N) is 1. The Morgan fingerprint density at radius 3 is 2.78 bits per heavy atom. The minimum absolute atomic E-state index is 0.456. The van der Waals surface area contributed by atoms with Crippen molar-refractivity contribution in [3.05, 3.63) is 0 Å². The highest BCUT2D eigenvalue weighted by atomic mass is 16.5. The molecule has 0 aromatic rings. The van der Waals surface area contributed by atoms with Crippen molar-refractivity contribution in [2.75, 3.05) is 33.4 Å². The van der Waals surface area contributed by atoms with Crippen molar-refractivity contribution in [3.63, 3.8) is 0 Å². The zero-order chi connectivity index (χ0) is 12.8. The molecule has 0 amide bonds. The highest BCUT2D eigenvalue weighted by Crippen LogP contribution is 2.33. The van der Waals surface area contributed by atoms with Crippen LogP contribution < -0.4 is 5.32 Å². The number of piperazine rings is 1. The van der Waals surface area contributed by atoms with E-state index < -0.39 is 0 Å². The quantitative estimate of drug-likeness (QED) is 0.737. The molecule has 106 valence electrons. The Bertz CT molecular complexity index is 239. The lowest BCUT2D eigenvalue weighted by atomic mass is 9.91. The van der Waals surface area contributed by atoms with Crippen LogP contribution >= 0.6 is 0 Å². The van der Waals surface area contributed by atoms with Crippen LogP contribution in [0.15, 0.2) is 0 Å². The van der Waals surface area contributed by atoms with Gasteiger partial charge in [0.25, 0.3) is 0 Å². The smallest absolute Gasteiger partial charge is 0.0474 e. The topological polar surface area (TPSA) is 24.5 Å². The standard InChI is InChI=1S/C15H30N2O/c1-3-7-14-12-16-15(8-4-5-9-15)13-17(14)10-6-11-18-2/h14,16H,3-13H2,1-2H3. The van der Waals surface area contributed by atoms with E-state index in [-0.39, 0.29) is 0 Å². The van der Waals surface area contributed by atoms with Gasteiger partial charge in [0.15, 0.2) is 0 Å². The maximum atomic E-state index is 5.20. The highest BCUT2D eigenvalue weighted by Gasteiger charge is 2.40. The number of nitrogens with zero attached hydrogens (tertiary/aromatic N) is 1. The maximum Gasteiger partial charge on any atom is 0.0474 e.